The van der Waals surface area contributed by atoms with Crippen molar-refractivity contribution in [2.75, 3.05) is 26.2 Å². The molecule has 1 aliphatic rings. The lowest BCUT2D eigenvalue weighted by molar-refractivity contribution is 0.00598. The zero-order valence-electron chi connectivity index (χ0n) is 18.9. The first kappa shape index (κ1) is 23.6. The minimum Gasteiger partial charge on any atom is -0.488 e. The van der Waals surface area contributed by atoms with Crippen molar-refractivity contribution >= 4 is 22.0 Å². The first-order valence-corrected chi connectivity index (χ1v) is 11.7. The molecule has 1 atom stereocenters. The number of halogens is 1. The molecule has 1 aliphatic heterocycles. The minimum absolute atomic E-state index is 0.214. The Morgan fingerprint density at radius 3 is 2.48 bits per heavy atom. The maximum absolute atomic E-state index is 12.3. The average Bonchev–Trinajstić information content (AvgIpc) is 2.71. The average molecular weight is 489 g/mol. The van der Waals surface area contributed by atoms with Crippen molar-refractivity contribution in [2.45, 2.75) is 52.4 Å². The monoisotopic (exact) mass is 488 g/mol. The van der Waals surface area contributed by atoms with Crippen molar-refractivity contribution in [3.63, 3.8) is 0 Å². The number of carbonyl (C=O) groups is 1. The van der Waals surface area contributed by atoms with Crippen LogP contribution in [0.3, 0.4) is 0 Å². The number of hydrogen-bond acceptors (Lipinski definition) is 4. The van der Waals surface area contributed by atoms with Crippen LogP contribution in [0.15, 0.2) is 53.0 Å². The summed E-state index contributed by atoms with van der Waals surface area (Å²) in [6.45, 7) is 11.7. The van der Waals surface area contributed by atoms with Crippen molar-refractivity contribution in [2.24, 2.45) is 0 Å². The molecule has 31 heavy (non-hydrogen) atoms. The van der Waals surface area contributed by atoms with Crippen LogP contribution in [0.1, 0.15) is 38.8 Å². The first-order valence-electron chi connectivity index (χ1n) is 10.9. The molecule has 1 saturated heterocycles. The fourth-order valence-electron chi connectivity index (χ4n) is 3.64. The van der Waals surface area contributed by atoms with Gasteiger partial charge in [-0.25, -0.2) is 4.79 Å². The van der Waals surface area contributed by atoms with Gasteiger partial charge in [-0.2, -0.15) is 0 Å². The van der Waals surface area contributed by atoms with Gasteiger partial charge in [-0.15, -0.1) is 0 Å². The maximum atomic E-state index is 12.3. The molecule has 1 heterocycles. The highest BCUT2D eigenvalue weighted by atomic mass is 79.9. The molecule has 5 nitrogen and oxygen atoms in total. The number of rotatable bonds is 6. The van der Waals surface area contributed by atoms with Crippen LogP contribution < -0.4 is 4.74 Å². The first-order chi connectivity index (χ1) is 14.7. The fourth-order valence-corrected chi connectivity index (χ4v) is 4.19. The van der Waals surface area contributed by atoms with E-state index in [2.05, 4.69) is 52.0 Å². The standard InChI is InChI=1S/C25H33BrN2O3/c1-19-17-28(24(29)31-25(2,3)4)15-14-27(19)13-12-20-10-11-23(22(26)16-20)30-18-21-8-6-5-7-9-21/h5-11,16,19H,12-15,17-18H2,1-4H3/t19-/m1/s1. The van der Waals surface area contributed by atoms with Gasteiger partial charge in [0, 0.05) is 32.2 Å². The normalized spacial score (nSPS) is 17.5. The predicted octanol–water partition coefficient (Wildman–Crippen LogP) is 5.51. The van der Waals surface area contributed by atoms with Gasteiger partial charge in [0.15, 0.2) is 0 Å². The number of hydrogen-bond donors (Lipinski definition) is 0. The molecule has 2 aromatic rings. The summed E-state index contributed by atoms with van der Waals surface area (Å²) < 4.78 is 12.4. The summed E-state index contributed by atoms with van der Waals surface area (Å²) in [5.41, 5.74) is 1.96. The third-order valence-electron chi connectivity index (χ3n) is 5.34. The smallest absolute Gasteiger partial charge is 0.410 e. The topological polar surface area (TPSA) is 42.0 Å². The number of benzene rings is 2. The summed E-state index contributed by atoms with van der Waals surface area (Å²) in [6.07, 6.45) is 0.739. The summed E-state index contributed by atoms with van der Waals surface area (Å²) in [6, 6.07) is 16.8. The van der Waals surface area contributed by atoms with E-state index in [1.165, 1.54) is 5.56 Å². The molecule has 1 fully saturated rings. The quantitative estimate of drug-likeness (QED) is 0.537. The van der Waals surface area contributed by atoms with Crippen LogP contribution >= 0.6 is 15.9 Å². The van der Waals surface area contributed by atoms with Crippen LogP contribution in [0.4, 0.5) is 4.79 Å². The largest absolute Gasteiger partial charge is 0.488 e. The lowest BCUT2D eigenvalue weighted by Gasteiger charge is -2.40. The molecule has 0 bridgehead atoms. The van der Waals surface area contributed by atoms with Crippen LogP contribution in [0, 0.1) is 0 Å². The molecule has 2 aromatic carbocycles. The van der Waals surface area contributed by atoms with Gasteiger partial charge in [0.1, 0.15) is 18.0 Å². The van der Waals surface area contributed by atoms with Gasteiger partial charge in [0.05, 0.1) is 4.47 Å². The number of carbonyl (C=O) groups excluding carboxylic acids is 1. The number of piperazine rings is 1. The molecule has 0 saturated carbocycles. The van der Waals surface area contributed by atoms with Crippen molar-refractivity contribution < 1.29 is 14.3 Å². The SMILES string of the molecule is C[C@@H]1CN(C(=O)OC(C)(C)C)CCN1CCc1ccc(OCc2ccccc2)c(Br)c1. The Labute approximate surface area is 194 Å². The maximum Gasteiger partial charge on any atom is 0.410 e. The minimum atomic E-state index is -0.457. The molecule has 168 valence electrons. The van der Waals surface area contributed by atoms with E-state index in [1.54, 1.807) is 0 Å². The highest BCUT2D eigenvalue weighted by Gasteiger charge is 2.29. The third kappa shape index (κ3) is 7.25. The van der Waals surface area contributed by atoms with Gasteiger partial charge in [-0.3, -0.25) is 4.90 Å². The van der Waals surface area contributed by atoms with Crippen LogP contribution in [0.25, 0.3) is 0 Å². The van der Waals surface area contributed by atoms with E-state index in [1.807, 2.05) is 49.9 Å². The molecule has 0 aromatic heterocycles. The third-order valence-corrected chi connectivity index (χ3v) is 5.96. The highest BCUT2D eigenvalue weighted by molar-refractivity contribution is 9.10. The Balaban J connectivity index is 1.48. The molecule has 3 rings (SSSR count). The number of ether oxygens (including phenoxy) is 2. The summed E-state index contributed by atoms with van der Waals surface area (Å²) >= 11 is 3.65. The summed E-state index contributed by atoms with van der Waals surface area (Å²) in [5.74, 6) is 0.854. The Morgan fingerprint density at radius 1 is 1.10 bits per heavy atom. The van der Waals surface area contributed by atoms with E-state index in [0.29, 0.717) is 25.7 Å². The molecule has 1 amide bonds. The fraction of sp³-hybridized carbons (Fsp3) is 0.480. The molecule has 6 heteroatoms. The van der Waals surface area contributed by atoms with Crippen LogP contribution in [-0.2, 0) is 17.8 Å². The summed E-state index contributed by atoms with van der Waals surface area (Å²) in [7, 11) is 0. The zero-order chi connectivity index (χ0) is 22.4. The second-order valence-electron chi connectivity index (χ2n) is 9.10. The van der Waals surface area contributed by atoms with E-state index in [-0.39, 0.29) is 6.09 Å². The second-order valence-corrected chi connectivity index (χ2v) is 9.95. The molecule has 0 aliphatic carbocycles. The van der Waals surface area contributed by atoms with E-state index in [9.17, 15) is 4.79 Å². The lowest BCUT2D eigenvalue weighted by Crippen LogP contribution is -2.54. The molecule has 0 unspecified atom stereocenters. The van der Waals surface area contributed by atoms with E-state index >= 15 is 0 Å². The number of amides is 1. The second kappa shape index (κ2) is 10.5. The van der Waals surface area contributed by atoms with E-state index in [4.69, 9.17) is 9.47 Å². The van der Waals surface area contributed by atoms with Gasteiger partial charge in [-0.05, 0) is 73.3 Å². The van der Waals surface area contributed by atoms with Crippen molar-refractivity contribution in [1.82, 2.24) is 9.80 Å². The molecular weight excluding hydrogens is 456 g/mol. The molecule has 0 radical (unpaired) electrons. The van der Waals surface area contributed by atoms with Crippen molar-refractivity contribution in [3.8, 4) is 5.75 Å². The molecule has 0 spiro atoms. The molecule has 0 N–H and O–H groups in total. The molecular formula is C25H33BrN2O3. The Kier molecular flexibility index (Phi) is 8.00. The van der Waals surface area contributed by atoms with Gasteiger partial charge >= 0.3 is 6.09 Å². The summed E-state index contributed by atoms with van der Waals surface area (Å²) in [5, 5.41) is 0. The Morgan fingerprint density at radius 2 is 1.84 bits per heavy atom. The van der Waals surface area contributed by atoms with Gasteiger partial charge in [0.2, 0.25) is 0 Å². The zero-order valence-corrected chi connectivity index (χ0v) is 20.5. The number of nitrogens with zero attached hydrogens (tertiary/aromatic N) is 2. The van der Waals surface area contributed by atoms with Crippen LogP contribution in [-0.4, -0.2) is 53.7 Å². The van der Waals surface area contributed by atoms with Crippen LogP contribution in [0.2, 0.25) is 0 Å². The van der Waals surface area contributed by atoms with Gasteiger partial charge in [-0.1, -0.05) is 36.4 Å². The van der Waals surface area contributed by atoms with E-state index in [0.717, 1.165) is 35.3 Å². The highest BCUT2D eigenvalue weighted by Crippen LogP contribution is 2.27. The summed E-state index contributed by atoms with van der Waals surface area (Å²) in [4.78, 5) is 16.6. The Hall–Kier alpha value is -2.05. The van der Waals surface area contributed by atoms with Crippen LogP contribution in [0.5, 0.6) is 5.75 Å². The van der Waals surface area contributed by atoms with Gasteiger partial charge < -0.3 is 14.4 Å². The van der Waals surface area contributed by atoms with Crippen molar-refractivity contribution in [1.29, 1.82) is 0 Å². The van der Waals surface area contributed by atoms with Crippen molar-refractivity contribution in [3.05, 3.63) is 64.1 Å². The lowest BCUT2D eigenvalue weighted by atomic mass is 10.1. The Bertz CT molecular complexity index is 867. The van der Waals surface area contributed by atoms with E-state index < -0.39 is 5.60 Å². The van der Waals surface area contributed by atoms with Gasteiger partial charge in [0.25, 0.3) is 0 Å². The predicted molar refractivity (Wildman–Crippen MR) is 127 cm³/mol.